The largest absolute Gasteiger partial charge is 0.380 e. The van der Waals surface area contributed by atoms with Gasteiger partial charge in [0.1, 0.15) is 5.82 Å². The number of ether oxygens (including phenoxy) is 1. The molecule has 104 valence electrons. The van der Waals surface area contributed by atoms with Crippen molar-refractivity contribution in [1.82, 2.24) is 4.90 Å². The number of rotatable bonds is 4. The zero-order valence-corrected chi connectivity index (χ0v) is 11.4. The summed E-state index contributed by atoms with van der Waals surface area (Å²) in [7, 11) is 1.71. The van der Waals surface area contributed by atoms with Crippen molar-refractivity contribution in [2.24, 2.45) is 5.92 Å². The minimum absolute atomic E-state index is 0.0319. The van der Waals surface area contributed by atoms with Crippen molar-refractivity contribution in [3.63, 3.8) is 0 Å². The highest BCUT2D eigenvalue weighted by Crippen LogP contribution is 2.19. The van der Waals surface area contributed by atoms with Crippen LogP contribution in [-0.2, 0) is 4.74 Å². The highest BCUT2D eigenvalue weighted by atomic mass is 19.1. The zero-order chi connectivity index (χ0) is 13.8. The van der Waals surface area contributed by atoms with Gasteiger partial charge in [-0.1, -0.05) is 6.92 Å². The molecule has 1 saturated heterocycles. The Morgan fingerprint density at radius 2 is 2.11 bits per heavy atom. The van der Waals surface area contributed by atoms with Crippen molar-refractivity contribution < 1.29 is 13.9 Å². The summed E-state index contributed by atoms with van der Waals surface area (Å²) >= 11 is 0. The van der Waals surface area contributed by atoms with Crippen LogP contribution in [0.1, 0.15) is 23.7 Å². The maximum absolute atomic E-state index is 12.8. The van der Waals surface area contributed by atoms with Crippen molar-refractivity contribution in [1.29, 1.82) is 0 Å². The molecule has 4 heteroatoms. The molecule has 1 aromatic carbocycles. The number of carbonyl (C=O) groups excluding carboxylic acids is 1. The topological polar surface area (TPSA) is 29.5 Å². The number of hydrogen-bond acceptors (Lipinski definition) is 3. The first-order chi connectivity index (χ1) is 9.10. The Kier molecular flexibility index (Phi) is 4.66. The van der Waals surface area contributed by atoms with Crippen LogP contribution in [0, 0.1) is 11.7 Å². The van der Waals surface area contributed by atoms with Crippen LogP contribution in [0.4, 0.5) is 4.39 Å². The number of piperidine rings is 1. The summed E-state index contributed by atoms with van der Waals surface area (Å²) in [6.07, 6.45) is 1.23. The Labute approximate surface area is 113 Å². The molecule has 0 saturated carbocycles. The maximum atomic E-state index is 12.8. The van der Waals surface area contributed by atoms with Crippen LogP contribution in [-0.4, -0.2) is 43.5 Å². The third-order valence-corrected chi connectivity index (χ3v) is 3.81. The predicted molar refractivity (Wildman–Crippen MR) is 71.7 cm³/mol. The van der Waals surface area contributed by atoms with E-state index in [4.69, 9.17) is 4.74 Å². The number of ketones is 1. The van der Waals surface area contributed by atoms with E-state index in [9.17, 15) is 9.18 Å². The van der Waals surface area contributed by atoms with Gasteiger partial charge in [-0.2, -0.15) is 0 Å². The van der Waals surface area contributed by atoms with Crippen LogP contribution in [0.2, 0.25) is 0 Å². The minimum atomic E-state index is -0.317. The van der Waals surface area contributed by atoms with Crippen LogP contribution in [0.3, 0.4) is 0 Å². The molecule has 19 heavy (non-hydrogen) atoms. The first kappa shape index (κ1) is 14.2. The van der Waals surface area contributed by atoms with Crippen LogP contribution in [0.25, 0.3) is 0 Å². The Morgan fingerprint density at radius 1 is 1.42 bits per heavy atom. The number of hydrogen-bond donors (Lipinski definition) is 0. The molecule has 0 aromatic heterocycles. The molecular weight excluding hydrogens is 245 g/mol. The second-order valence-corrected chi connectivity index (χ2v) is 5.21. The fourth-order valence-corrected chi connectivity index (χ4v) is 2.48. The maximum Gasteiger partial charge on any atom is 0.176 e. The van der Waals surface area contributed by atoms with Gasteiger partial charge in [0.2, 0.25) is 0 Å². The smallest absolute Gasteiger partial charge is 0.176 e. The van der Waals surface area contributed by atoms with E-state index in [1.807, 2.05) is 0 Å². The van der Waals surface area contributed by atoms with Gasteiger partial charge in [0.05, 0.1) is 12.6 Å². The summed E-state index contributed by atoms with van der Waals surface area (Å²) in [4.78, 5) is 14.2. The Balaban J connectivity index is 1.94. The summed E-state index contributed by atoms with van der Waals surface area (Å²) in [5, 5.41) is 0. The fraction of sp³-hybridized carbons (Fsp3) is 0.533. The highest BCUT2D eigenvalue weighted by Gasteiger charge is 2.27. The molecule has 1 aliphatic rings. The van der Waals surface area contributed by atoms with Gasteiger partial charge in [-0.25, -0.2) is 4.39 Å². The molecule has 0 aliphatic carbocycles. The van der Waals surface area contributed by atoms with Crippen molar-refractivity contribution in [2.75, 3.05) is 26.7 Å². The molecule has 1 aliphatic heterocycles. The first-order valence-corrected chi connectivity index (χ1v) is 6.64. The van der Waals surface area contributed by atoms with Crippen molar-refractivity contribution in [3.05, 3.63) is 35.6 Å². The van der Waals surface area contributed by atoms with Crippen LogP contribution in [0.5, 0.6) is 0 Å². The number of benzene rings is 1. The zero-order valence-electron chi connectivity index (χ0n) is 11.4. The van der Waals surface area contributed by atoms with Crippen LogP contribution in [0.15, 0.2) is 24.3 Å². The van der Waals surface area contributed by atoms with Gasteiger partial charge in [-0.15, -0.1) is 0 Å². The fourth-order valence-electron chi connectivity index (χ4n) is 2.48. The van der Waals surface area contributed by atoms with Gasteiger partial charge in [-0.05, 0) is 43.1 Å². The van der Waals surface area contributed by atoms with E-state index in [-0.39, 0.29) is 17.7 Å². The summed E-state index contributed by atoms with van der Waals surface area (Å²) < 4.78 is 18.2. The number of Topliss-reactive ketones (excluding diaryl/α,β-unsaturated/α-hetero) is 1. The quantitative estimate of drug-likeness (QED) is 0.783. The lowest BCUT2D eigenvalue weighted by Crippen LogP contribution is -2.45. The predicted octanol–water partition coefficient (Wildman–Crippen LogP) is 2.37. The normalized spacial score (nSPS) is 24.4. The van der Waals surface area contributed by atoms with E-state index < -0.39 is 0 Å². The summed E-state index contributed by atoms with van der Waals surface area (Å²) in [5.74, 6) is 0.245. The second-order valence-electron chi connectivity index (χ2n) is 5.21. The molecule has 2 atom stereocenters. The molecule has 2 rings (SSSR count). The van der Waals surface area contributed by atoms with Crippen LogP contribution >= 0.6 is 0 Å². The number of carbonyl (C=O) groups is 1. The van der Waals surface area contributed by atoms with E-state index in [2.05, 4.69) is 11.8 Å². The minimum Gasteiger partial charge on any atom is -0.380 e. The lowest BCUT2D eigenvalue weighted by atomic mass is 9.95. The van der Waals surface area contributed by atoms with Crippen molar-refractivity contribution >= 4 is 5.78 Å². The molecule has 1 aromatic rings. The Bertz CT molecular complexity index is 432. The molecule has 3 nitrogen and oxygen atoms in total. The standard InChI is InChI=1S/C15H20FNO2/c1-11-7-8-17(10-15(11)19-2)9-14(18)12-3-5-13(16)6-4-12/h3-6,11,15H,7-10H2,1-2H3. The Hall–Kier alpha value is -1.26. The first-order valence-electron chi connectivity index (χ1n) is 6.64. The van der Waals surface area contributed by atoms with E-state index in [0.717, 1.165) is 19.5 Å². The van der Waals surface area contributed by atoms with E-state index in [1.54, 1.807) is 7.11 Å². The molecular formula is C15H20FNO2. The van der Waals surface area contributed by atoms with Crippen molar-refractivity contribution in [2.45, 2.75) is 19.4 Å². The van der Waals surface area contributed by atoms with Gasteiger partial charge in [0.25, 0.3) is 0 Å². The molecule has 1 heterocycles. The van der Waals surface area contributed by atoms with E-state index in [0.29, 0.717) is 18.0 Å². The number of halogens is 1. The van der Waals surface area contributed by atoms with E-state index in [1.165, 1.54) is 24.3 Å². The molecule has 0 spiro atoms. The molecule has 1 fully saturated rings. The second kappa shape index (κ2) is 6.26. The van der Waals surface area contributed by atoms with E-state index >= 15 is 0 Å². The van der Waals surface area contributed by atoms with Gasteiger partial charge >= 0.3 is 0 Å². The number of methoxy groups -OCH3 is 1. The Morgan fingerprint density at radius 3 is 2.74 bits per heavy atom. The number of nitrogens with zero attached hydrogens (tertiary/aromatic N) is 1. The summed E-state index contributed by atoms with van der Waals surface area (Å²) in [6, 6.07) is 5.73. The van der Waals surface area contributed by atoms with Crippen LogP contribution < -0.4 is 0 Å². The third kappa shape index (κ3) is 3.61. The lowest BCUT2D eigenvalue weighted by Gasteiger charge is -2.35. The molecule has 0 radical (unpaired) electrons. The molecule has 0 N–H and O–H groups in total. The molecule has 0 amide bonds. The number of likely N-dealkylation sites (tertiary alicyclic amines) is 1. The van der Waals surface area contributed by atoms with Gasteiger partial charge in [-0.3, -0.25) is 9.69 Å². The lowest BCUT2D eigenvalue weighted by molar-refractivity contribution is -0.00324. The molecule has 2 unspecified atom stereocenters. The third-order valence-electron chi connectivity index (χ3n) is 3.81. The average Bonchev–Trinajstić information content (AvgIpc) is 2.41. The van der Waals surface area contributed by atoms with Gasteiger partial charge in [0.15, 0.2) is 5.78 Å². The van der Waals surface area contributed by atoms with Gasteiger partial charge in [0, 0.05) is 19.2 Å². The summed E-state index contributed by atoms with van der Waals surface area (Å²) in [6.45, 7) is 4.24. The SMILES string of the molecule is COC1CN(CC(=O)c2ccc(F)cc2)CCC1C. The highest BCUT2D eigenvalue weighted by molar-refractivity contribution is 5.97. The van der Waals surface area contributed by atoms with Gasteiger partial charge < -0.3 is 4.74 Å². The van der Waals surface area contributed by atoms with Crippen molar-refractivity contribution in [3.8, 4) is 0 Å². The average molecular weight is 265 g/mol. The summed E-state index contributed by atoms with van der Waals surface area (Å²) in [5.41, 5.74) is 0.564. The molecule has 0 bridgehead atoms. The monoisotopic (exact) mass is 265 g/mol.